The molecule has 0 spiro atoms. The topological polar surface area (TPSA) is 37.8 Å². The van der Waals surface area contributed by atoms with Gasteiger partial charge in [-0.1, -0.05) is 24.4 Å². The van der Waals surface area contributed by atoms with Crippen LogP contribution < -0.4 is 5.32 Å². The summed E-state index contributed by atoms with van der Waals surface area (Å²) in [7, 11) is 0. The molecule has 1 heterocycles. The zero-order valence-corrected chi connectivity index (χ0v) is 9.93. The molecule has 1 aromatic heterocycles. The van der Waals surface area contributed by atoms with Crippen molar-refractivity contribution in [1.29, 1.82) is 0 Å². The summed E-state index contributed by atoms with van der Waals surface area (Å²) in [4.78, 5) is 8.38. The maximum Gasteiger partial charge on any atom is 0.134 e. The summed E-state index contributed by atoms with van der Waals surface area (Å²) in [6.07, 6.45) is 4.99. The van der Waals surface area contributed by atoms with Gasteiger partial charge in [0.15, 0.2) is 0 Å². The second-order valence-corrected chi connectivity index (χ2v) is 4.90. The minimum Gasteiger partial charge on any atom is -0.365 e. The Balaban J connectivity index is 2.16. The van der Waals surface area contributed by atoms with Crippen molar-refractivity contribution in [2.24, 2.45) is 0 Å². The standard InChI is InChI=1S/C11H16ClN3/c1-8-13-9(12)7-10(14-8)15-11(2)5-3-4-6-11/h7H,3-6H2,1-2H3,(H,13,14,15). The molecule has 4 heteroatoms. The van der Waals surface area contributed by atoms with Crippen LogP contribution >= 0.6 is 11.6 Å². The van der Waals surface area contributed by atoms with Gasteiger partial charge in [-0.25, -0.2) is 9.97 Å². The number of hydrogen-bond acceptors (Lipinski definition) is 3. The lowest BCUT2D eigenvalue weighted by Gasteiger charge is -2.26. The maximum atomic E-state index is 5.89. The van der Waals surface area contributed by atoms with Crippen molar-refractivity contribution in [2.45, 2.75) is 45.1 Å². The number of nitrogens with zero attached hydrogens (tertiary/aromatic N) is 2. The van der Waals surface area contributed by atoms with Gasteiger partial charge in [-0.3, -0.25) is 0 Å². The van der Waals surface area contributed by atoms with Gasteiger partial charge in [-0.2, -0.15) is 0 Å². The highest BCUT2D eigenvalue weighted by molar-refractivity contribution is 6.29. The van der Waals surface area contributed by atoms with E-state index in [-0.39, 0.29) is 5.54 Å². The Bertz CT molecular complexity index is 339. The van der Waals surface area contributed by atoms with Crippen LogP contribution in [0.25, 0.3) is 0 Å². The van der Waals surface area contributed by atoms with Crippen LogP contribution in [0.4, 0.5) is 5.82 Å². The predicted octanol–water partition coefficient (Wildman–Crippen LogP) is 3.18. The number of nitrogens with one attached hydrogen (secondary N) is 1. The second-order valence-electron chi connectivity index (χ2n) is 4.52. The first-order valence-corrected chi connectivity index (χ1v) is 5.75. The average molecular weight is 226 g/mol. The van der Waals surface area contributed by atoms with E-state index in [9.17, 15) is 0 Å². The Morgan fingerprint density at radius 3 is 2.60 bits per heavy atom. The van der Waals surface area contributed by atoms with Gasteiger partial charge < -0.3 is 5.32 Å². The lowest BCUT2D eigenvalue weighted by atomic mass is 10.0. The number of anilines is 1. The van der Waals surface area contributed by atoms with Gasteiger partial charge in [0.25, 0.3) is 0 Å². The van der Waals surface area contributed by atoms with E-state index in [1.807, 2.05) is 6.92 Å². The predicted molar refractivity (Wildman–Crippen MR) is 62.3 cm³/mol. The van der Waals surface area contributed by atoms with Crippen molar-refractivity contribution in [3.8, 4) is 0 Å². The third-order valence-electron chi connectivity index (χ3n) is 2.94. The smallest absolute Gasteiger partial charge is 0.134 e. The van der Waals surface area contributed by atoms with Crippen molar-refractivity contribution < 1.29 is 0 Å². The van der Waals surface area contributed by atoms with E-state index in [1.165, 1.54) is 25.7 Å². The summed E-state index contributed by atoms with van der Waals surface area (Å²) in [6.45, 7) is 4.10. The molecule has 1 saturated carbocycles. The maximum absolute atomic E-state index is 5.89. The van der Waals surface area contributed by atoms with Gasteiger partial charge in [0, 0.05) is 11.6 Å². The minimum atomic E-state index is 0.185. The molecule has 82 valence electrons. The summed E-state index contributed by atoms with van der Waals surface area (Å²) in [6, 6.07) is 1.79. The highest BCUT2D eigenvalue weighted by Crippen LogP contribution is 2.32. The fourth-order valence-corrected chi connectivity index (χ4v) is 2.41. The zero-order chi connectivity index (χ0) is 10.9. The molecule has 0 radical (unpaired) electrons. The Hall–Kier alpha value is -0.830. The average Bonchev–Trinajstić information content (AvgIpc) is 2.49. The number of rotatable bonds is 2. The van der Waals surface area contributed by atoms with Gasteiger partial charge >= 0.3 is 0 Å². The van der Waals surface area contributed by atoms with Crippen molar-refractivity contribution in [1.82, 2.24) is 9.97 Å². The van der Waals surface area contributed by atoms with Crippen molar-refractivity contribution in [3.63, 3.8) is 0 Å². The van der Waals surface area contributed by atoms with Gasteiger partial charge in [0.05, 0.1) is 0 Å². The van der Waals surface area contributed by atoms with Crippen molar-refractivity contribution in [2.75, 3.05) is 5.32 Å². The lowest BCUT2D eigenvalue weighted by molar-refractivity contribution is 0.530. The quantitative estimate of drug-likeness (QED) is 0.786. The van der Waals surface area contributed by atoms with Crippen LogP contribution in [0.5, 0.6) is 0 Å². The second kappa shape index (κ2) is 3.97. The van der Waals surface area contributed by atoms with Crippen molar-refractivity contribution >= 4 is 17.4 Å². The molecule has 0 unspecified atom stereocenters. The molecule has 15 heavy (non-hydrogen) atoms. The molecule has 1 aromatic rings. The Labute approximate surface area is 95.3 Å². The molecule has 0 aliphatic heterocycles. The molecule has 0 saturated heterocycles. The van der Waals surface area contributed by atoms with E-state index in [0.29, 0.717) is 11.0 Å². The van der Waals surface area contributed by atoms with Crippen LogP contribution in [-0.4, -0.2) is 15.5 Å². The van der Waals surface area contributed by atoms with Crippen molar-refractivity contribution in [3.05, 3.63) is 17.0 Å². The summed E-state index contributed by atoms with van der Waals surface area (Å²) in [5, 5.41) is 3.97. The van der Waals surface area contributed by atoms with E-state index >= 15 is 0 Å². The largest absolute Gasteiger partial charge is 0.365 e. The van der Waals surface area contributed by atoms with E-state index in [1.54, 1.807) is 6.07 Å². The molecule has 0 atom stereocenters. The van der Waals surface area contributed by atoms with E-state index in [2.05, 4.69) is 22.2 Å². The first kappa shape index (κ1) is 10.7. The third-order valence-corrected chi connectivity index (χ3v) is 3.14. The zero-order valence-electron chi connectivity index (χ0n) is 9.18. The van der Waals surface area contributed by atoms with Crippen LogP contribution in [0.3, 0.4) is 0 Å². The Morgan fingerprint density at radius 2 is 2.00 bits per heavy atom. The number of aromatic nitrogens is 2. The van der Waals surface area contributed by atoms with E-state index in [4.69, 9.17) is 11.6 Å². The molecular formula is C11H16ClN3. The number of hydrogen-bond donors (Lipinski definition) is 1. The van der Waals surface area contributed by atoms with Crippen LogP contribution in [0.2, 0.25) is 5.15 Å². The lowest BCUT2D eigenvalue weighted by Crippen LogP contribution is -2.31. The van der Waals surface area contributed by atoms with Crippen LogP contribution in [0.15, 0.2) is 6.07 Å². The van der Waals surface area contributed by atoms with Gasteiger partial charge in [-0.05, 0) is 26.7 Å². The summed E-state index contributed by atoms with van der Waals surface area (Å²) < 4.78 is 0. The molecule has 1 N–H and O–H groups in total. The number of halogens is 1. The normalized spacial score (nSPS) is 19.1. The monoisotopic (exact) mass is 225 g/mol. The summed E-state index contributed by atoms with van der Waals surface area (Å²) in [5.74, 6) is 1.56. The molecule has 2 rings (SSSR count). The number of aryl methyl sites for hydroxylation is 1. The van der Waals surface area contributed by atoms with Gasteiger partial charge in [-0.15, -0.1) is 0 Å². The van der Waals surface area contributed by atoms with E-state index in [0.717, 1.165) is 5.82 Å². The van der Waals surface area contributed by atoms with Crippen LogP contribution in [0, 0.1) is 6.92 Å². The van der Waals surface area contributed by atoms with E-state index < -0.39 is 0 Å². The molecule has 0 aromatic carbocycles. The first-order valence-electron chi connectivity index (χ1n) is 5.37. The summed E-state index contributed by atoms with van der Waals surface area (Å²) in [5.41, 5.74) is 0.185. The minimum absolute atomic E-state index is 0.185. The van der Waals surface area contributed by atoms with Crippen LogP contribution in [0.1, 0.15) is 38.4 Å². The summed E-state index contributed by atoms with van der Waals surface area (Å²) >= 11 is 5.89. The SMILES string of the molecule is Cc1nc(Cl)cc(NC2(C)CCCC2)n1. The van der Waals surface area contributed by atoms with Crippen LogP contribution in [-0.2, 0) is 0 Å². The molecule has 0 amide bonds. The molecule has 0 bridgehead atoms. The van der Waals surface area contributed by atoms with Gasteiger partial charge in [0.1, 0.15) is 16.8 Å². The molecular weight excluding hydrogens is 210 g/mol. The molecule has 1 aliphatic carbocycles. The fraction of sp³-hybridized carbons (Fsp3) is 0.636. The fourth-order valence-electron chi connectivity index (χ4n) is 2.18. The first-order chi connectivity index (χ1) is 7.07. The Morgan fingerprint density at radius 1 is 1.33 bits per heavy atom. The highest BCUT2D eigenvalue weighted by Gasteiger charge is 2.28. The third kappa shape index (κ3) is 2.59. The Kier molecular flexibility index (Phi) is 2.83. The molecule has 1 aliphatic rings. The molecule has 1 fully saturated rings. The molecule has 3 nitrogen and oxygen atoms in total. The highest BCUT2D eigenvalue weighted by atomic mass is 35.5. The van der Waals surface area contributed by atoms with Gasteiger partial charge in [0.2, 0.25) is 0 Å².